The van der Waals surface area contributed by atoms with Crippen LogP contribution in [-0.4, -0.2) is 12.4 Å². The highest BCUT2D eigenvalue weighted by atomic mass is 79.9. The number of ketones is 1. The molecule has 2 aromatic rings. The number of carbonyl (C=O) groups excluding carboxylic acids is 1. The summed E-state index contributed by atoms with van der Waals surface area (Å²) in [6.07, 6.45) is 0. The lowest BCUT2D eigenvalue weighted by molar-refractivity contribution is 0.0916. The van der Waals surface area contributed by atoms with Gasteiger partial charge in [0.2, 0.25) is 5.78 Å². The molecule has 0 aliphatic heterocycles. The van der Waals surface area contributed by atoms with Crippen molar-refractivity contribution in [2.45, 2.75) is 6.92 Å². The van der Waals surface area contributed by atoms with Crippen LogP contribution in [-0.2, 0) is 0 Å². The van der Waals surface area contributed by atoms with Crippen LogP contribution in [0.4, 0.5) is 8.78 Å². The highest BCUT2D eigenvalue weighted by molar-refractivity contribution is 9.10. The van der Waals surface area contributed by atoms with Crippen LogP contribution in [0.25, 0.3) is 0 Å². The topological polar surface area (TPSA) is 26.3 Å². The minimum atomic E-state index is -0.758. The van der Waals surface area contributed by atoms with E-state index in [-0.39, 0.29) is 12.2 Å². The molecule has 0 saturated carbocycles. The van der Waals surface area contributed by atoms with Gasteiger partial charge in [-0.2, -0.15) is 0 Å². The maximum absolute atomic E-state index is 13.4. The largest absolute Gasteiger partial charge is 0.485 e. The van der Waals surface area contributed by atoms with Crippen molar-refractivity contribution in [1.82, 2.24) is 0 Å². The van der Waals surface area contributed by atoms with Crippen molar-refractivity contribution in [3.05, 3.63) is 63.6 Å². The second-order valence-electron chi connectivity index (χ2n) is 4.25. The number of hydrogen-bond acceptors (Lipinski definition) is 2. The number of benzene rings is 2. The summed E-state index contributed by atoms with van der Waals surface area (Å²) in [5.74, 6) is -1.51. The Kier molecular flexibility index (Phi) is 4.49. The minimum absolute atomic E-state index is 0.308. The first-order valence-electron chi connectivity index (χ1n) is 5.84. The molecule has 0 spiro atoms. The zero-order valence-corrected chi connectivity index (χ0v) is 12.2. The first kappa shape index (κ1) is 14.7. The zero-order valence-electron chi connectivity index (χ0n) is 10.6. The molecule has 0 fully saturated rings. The van der Waals surface area contributed by atoms with Crippen LogP contribution >= 0.6 is 15.9 Å². The molecule has 0 amide bonds. The van der Waals surface area contributed by atoms with E-state index in [1.807, 2.05) is 19.1 Å². The van der Waals surface area contributed by atoms with Crippen LogP contribution in [0.2, 0.25) is 0 Å². The fourth-order valence-electron chi connectivity index (χ4n) is 1.66. The standard InChI is InChI=1S/C15H11BrF2O2/c1-9-2-3-10(16)6-15(9)20-8-14(19)12-7-11(17)4-5-13(12)18/h2-7H,8H2,1H3. The molecule has 0 N–H and O–H groups in total. The Bertz CT molecular complexity index is 656. The summed E-state index contributed by atoms with van der Waals surface area (Å²) >= 11 is 3.29. The average Bonchev–Trinajstić information content (AvgIpc) is 2.42. The summed E-state index contributed by atoms with van der Waals surface area (Å²) in [6, 6.07) is 8.14. The maximum Gasteiger partial charge on any atom is 0.203 e. The molecule has 0 heterocycles. The van der Waals surface area contributed by atoms with Crippen molar-refractivity contribution in [3.63, 3.8) is 0 Å². The summed E-state index contributed by atoms with van der Waals surface area (Å²) in [7, 11) is 0. The van der Waals surface area contributed by atoms with Crippen molar-refractivity contribution in [1.29, 1.82) is 0 Å². The number of halogens is 3. The van der Waals surface area contributed by atoms with Crippen LogP contribution in [0.15, 0.2) is 40.9 Å². The van der Waals surface area contributed by atoms with Gasteiger partial charge in [-0.1, -0.05) is 22.0 Å². The predicted molar refractivity (Wildman–Crippen MR) is 75.1 cm³/mol. The summed E-state index contributed by atoms with van der Waals surface area (Å²) in [5.41, 5.74) is 0.540. The normalized spacial score (nSPS) is 10.4. The molecule has 0 bridgehead atoms. The molecule has 20 heavy (non-hydrogen) atoms. The molecule has 0 aliphatic carbocycles. The van der Waals surface area contributed by atoms with Crippen LogP contribution in [0.3, 0.4) is 0 Å². The summed E-state index contributed by atoms with van der Waals surface area (Å²) in [4.78, 5) is 11.8. The van der Waals surface area contributed by atoms with Gasteiger partial charge in [0.05, 0.1) is 5.56 Å². The van der Waals surface area contributed by atoms with Crippen LogP contribution in [0, 0.1) is 18.6 Å². The lowest BCUT2D eigenvalue weighted by atomic mass is 10.1. The first-order chi connectivity index (χ1) is 9.47. The van der Waals surface area contributed by atoms with Gasteiger partial charge in [0.25, 0.3) is 0 Å². The van der Waals surface area contributed by atoms with Crippen molar-refractivity contribution < 1.29 is 18.3 Å². The first-order valence-corrected chi connectivity index (χ1v) is 6.64. The third-order valence-corrected chi connectivity index (χ3v) is 3.23. The van der Waals surface area contributed by atoms with E-state index in [0.717, 1.165) is 28.2 Å². The van der Waals surface area contributed by atoms with Crippen molar-refractivity contribution in [3.8, 4) is 5.75 Å². The predicted octanol–water partition coefficient (Wildman–Crippen LogP) is 4.30. The molecular formula is C15H11BrF2O2. The van der Waals surface area contributed by atoms with Gasteiger partial charge in [-0.15, -0.1) is 0 Å². The Balaban J connectivity index is 2.12. The number of rotatable bonds is 4. The molecule has 0 unspecified atom stereocenters. The molecular weight excluding hydrogens is 330 g/mol. The van der Waals surface area contributed by atoms with Gasteiger partial charge in [0.1, 0.15) is 17.4 Å². The monoisotopic (exact) mass is 340 g/mol. The summed E-state index contributed by atoms with van der Waals surface area (Å²) in [6.45, 7) is 1.48. The summed E-state index contributed by atoms with van der Waals surface area (Å²) in [5, 5.41) is 0. The highest BCUT2D eigenvalue weighted by Crippen LogP contribution is 2.23. The van der Waals surface area contributed by atoms with Gasteiger partial charge in [0, 0.05) is 4.47 Å². The van der Waals surface area contributed by atoms with Gasteiger partial charge in [-0.05, 0) is 42.8 Å². The van der Waals surface area contributed by atoms with Crippen LogP contribution in [0.5, 0.6) is 5.75 Å². The van der Waals surface area contributed by atoms with E-state index < -0.39 is 17.4 Å². The van der Waals surface area contributed by atoms with Gasteiger partial charge in [-0.3, -0.25) is 4.79 Å². The second-order valence-corrected chi connectivity index (χ2v) is 5.16. The Morgan fingerprint density at radius 3 is 2.70 bits per heavy atom. The van der Waals surface area contributed by atoms with Crippen LogP contribution < -0.4 is 4.74 Å². The van der Waals surface area contributed by atoms with Crippen molar-refractivity contribution >= 4 is 21.7 Å². The highest BCUT2D eigenvalue weighted by Gasteiger charge is 2.14. The Morgan fingerprint density at radius 1 is 1.20 bits per heavy atom. The van der Waals surface area contributed by atoms with E-state index in [9.17, 15) is 13.6 Å². The molecule has 2 nitrogen and oxygen atoms in total. The van der Waals surface area contributed by atoms with E-state index in [1.54, 1.807) is 6.07 Å². The van der Waals surface area contributed by atoms with Crippen molar-refractivity contribution in [2.24, 2.45) is 0 Å². The number of aryl methyl sites for hydroxylation is 1. The molecule has 0 radical (unpaired) electrons. The van der Waals surface area contributed by atoms with E-state index in [0.29, 0.717) is 5.75 Å². The smallest absolute Gasteiger partial charge is 0.203 e. The zero-order chi connectivity index (χ0) is 14.7. The van der Waals surface area contributed by atoms with E-state index in [4.69, 9.17) is 4.74 Å². The number of hydrogen-bond donors (Lipinski definition) is 0. The van der Waals surface area contributed by atoms with Crippen LogP contribution in [0.1, 0.15) is 15.9 Å². The molecule has 5 heteroatoms. The molecule has 0 aliphatic rings. The molecule has 2 aromatic carbocycles. The average molecular weight is 341 g/mol. The minimum Gasteiger partial charge on any atom is -0.485 e. The van der Waals surface area contributed by atoms with E-state index in [1.165, 1.54) is 0 Å². The van der Waals surface area contributed by atoms with Gasteiger partial charge in [0.15, 0.2) is 6.61 Å². The van der Waals surface area contributed by atoms with E-state index in [2.05, 4.69) is 15.9 Å². The molecule has 2 rings (SSSR count). The molecule has 0 aromatic heterocycles. The Morgan fingerprint density at radius 2 is 1.95 bits per heavy atom. The number of Topliss-reactive ketones (excluding diaryl/α,β-unsaturated/α-hetero) is 1. The lowest BCUT2D eigenvalue weighted by Crippen LogP contribution is -2.14. The second kappa shape index (κ2) is 6.13. The molecule has 0 atom stereocenters. The van der Waals surface area contributed by atoms with Crippen molar-refractivity contribution in [2.75, 3.05) is 6.61 Å². The third kappa shape index (κ3) is 3.42. The number of ether oxygens (including phenoxy) is 1. The Hall–Kier alpha value is -1.75. The quantitative estimate of drug-likeness (QED) is 0.775. The van der Waals surface area contributed by atoms with Gasteiger partial charge >= 0.3 is 0 Å². The molecule has 0 saturated heterocycles. The van der Waals surface area contributed by atoms with Gasteiger partial charge < -0.3 is 4.74 Å². The fraction of sp³-hybridized carbons (Fsp3) is 0.133. The number of carbonyl (C=O) groups is 1. The molecule has 104 valence electrons. The third-order valence-electron chi connectivity index (χ3n) is 2.74. The Labute approximate surface area is 123 Å². The summed E-state index contributed by atoms with van der Waals surface area (Å²) < 4.78 is 32.6. The van der Waals surface area contributed by atoms with E-state index >= 15 is 0 Å². The maximum atomic E-state index is 13.4. The lowest BCUT2D eigenvalue weighted by Gasteiger charge is -2.09. The fourth-order valence-corrected chi connectivity index (χ4v) is 2.00. The SMILES string of the molecule is Cc1ccc(Br)cc1OCC(=O)c1cc(F)ccc1F. The van der Waals surface area contributed by atoms with Gasteiger partial charge in [-0.25, -0.2) is 8.78 Å².